The molecule has 1 aliphatic heterocycles. The number of carbonyl (C=O) groups excluding carboxylic acids is 2. The molecule has 0 radical (unpaired) electrons. The zero-order valence-corrected chi connectivity index (χ0v) is 15.8. The molecule has 4 rings (SSSR count). The number of anilines is 1. The minimum absolute atomic E-state index is 0.105. The van der Waals surface area contributed by atoms with Gasteiger partial charge in [-0.25, -0.2) is 4.39 Å². The number of rotatable bonds is 3. The number of halogens is 2. The van der Waals surface area contributed by atoms with Gasteiger partial charge in [-0.15, -0.1) is 0 Å². The predicted octanol–water partition coefficient (Wildman–Crippen LogP) is 5.11. The van der Waals surface area contributed by atoms with E-state index < -0.39 is 23.5 Å². The number of carbonyl (C=O) groups is 2. The number of para-hydroxylation sites is 1. The molecule has 144 valence electrons. The van der Waals surface area contributed by atoms with E-state index in [1.54, 1.807) is 60.7 Å². The number of hydrogen-bond donors (Lipinski definition) is 1. The highest BCUT2D eigenvalue weighted by atomic mass is 35.5. The molecule has 4 nitrogen and oxygen atoms in total. The number of ketones is 1. The Morgan fingerprint density at radius 1 is 0.931 bits per heavy atom. The van der Waals surface area contributed by atoms with Gasteiger partial charge in [-0.1, -0.05) is 41.9 Å². The van der Waals surface area contributed by atoms with E-state index in [4.69, 9.17) is 11.6 Å². The molecule has 0 aromatic heterocycles. The van der Waals surface area contributed by atoms with E-state index in [-0.39, 0.29) is 11.3 Å². The standard InChI is InChI=1S/C23H15ClFNO3/c24-16-11-9-14(10-12-16)21(27)19-20(15-5-4-6-17(25)13-15)26(23(29)22(19)28)18-7-2-1-3-8-18/h1-13,20,27H/t20-/m0/s1. The summed E-state index contributed by atoms with van der Waals surface area (Å²) in [6, 6.07) is 19.5. The number of hydrogen-bond acceptors (Lipinski definition) is 3. The fraction of sp³-hybridized carbons (Fsp3) is 0.0435. The molecule has 0 aliphatic carbocycles. The number of aliphatic hydroxyl groups is 1. The van der Waals surface area contributed by atoms with Crippen LogP contribution in [0.1, 0.15) is 17.2 Å². The smallest absolute Gasteiger partial charge is 0.300 e. The van der Waals surface area contributed by atoms with Crippen LogP contribution in [0.2, 0.25) is 5.02 Å². The molecular weight excluding hydrogens is 393 g/mol. The first-order valence-corrected chi connectivity index (χ1v) is 9.22. The van der Waals surface area contributed by atoms with Crippen molar-refractivity contribution in [1.29, 1.82) is 0 Å². The molecule has 1 amide bonds. The van der Waals surface area contributed by atoms with E-state index in [0.717, 1.165) is 0 Å². The third kappa shape index (κ3) is 3.41. The fourth-order valence-electron chi connectivity index (χ4n) is 3.44. The number of Topliss-reactive ketones (excluding diaryl/α,β-unsaturated/α-hetero) is 1. The molecule has 1 heterocycles. The van der Waals surface area contributed by atoms with E-state index in [9.17, 15) is 19.1 Å². The Hall–Kier alpha value is -3.44. The van der Waals surface area contributed by atoms with E-state index in [0.29, 0.717) is 21.8 Å². The van der Waals surface area contributed by atoms with Gasteiger partial charge in [0.05, 0.1) is 11.6 Å². The largest absolute Gasteiger partial charge is 0.507 e. The van der Waals surface area contributed by atoms with Crippen LogP contribution >= 0.6 is 11.6 Å². The Kier molecular flexibility index (Phi) is 4.91. The van der Waals surface area contributed by atoms with Crippen molar-refractivity contribution in [3.8, 4) is 0 Å². The van der Waals surface area contributed by atoms with Crippen LogP contribution in [-0.2, 0) is 9.59 Å². The third-order valence-electron chi connectivity index (χ3n) is 4.76. The summed E-state index contributed by atoms with van der Waals surface area (Å²) in [6.07, 6.45) is 0. The zero-order chi connectivity index (χ0) is 20.5. The lowest BCUT2D eigenvalue weighted by Crippen LogP contribution is -2.29. The molecule has 29 heavy (non-hydrogen) atoms. The quantitative estimate of drug-likeness (QED) is 0.373. The molecule has 1 atom stereocenters. The Morgan fingerprint density at radius 2 is 1.62 bits per heavy atom. The van der Waals surface area contributed by atoms with Gasteiger partial charge in [-0.3, -0.25) is 14.5 Å². The van der Waals surface area contributed by atoms with E-state index in [2.05, 4.69) is 0 Å². The number of aliphatic hydroxyl groups excluding tert-OH is 1. The summed E-state index contributed by atoms with van der Waals surface area (Å²) in [6.45, 7) is 0. The normalized spacial score (nSPS) is 18.3. The summed E-state index contributed by atoms with van der Waals surface area (Å²) in [5.74, 6) is -2.48. The van der Waals surface area contributed by atoms with Gasteiger partial charge in [-0.2, -0.15) is 0 Å². The van der Waals surface area contributed by atoms with Gasteiger partial charge in [0.2, 0.25) is 0 Å². The van der Waals surface area contributed by atoms with Crippen molar-refractivity contribution < 1.29 is 19.1 Å². The van der Waals surface area contributed by atoms with Crippen molar-refractivity contribution in [1.82, 2.24) is 0 Å². The van der Waals surface area contributed by atoms with Gasteiger partial charge in [0.25, 0.3) is 11.7 Å². The lowest BCUT2D eigenvalue weighted by Gasteiger charge is -2.25. The second-order valence-electron chi connectivity index (χ2n) is 6.57. The Bertz CT molecular complexity index is 1130. The van der Waals surface area contributed by atoms with Gasteiger partial charge in [0, 0.05) is 16.3 Å². The molecule has 3 aromatic carbocycles. The topological polar surface area (TPSA) is 57.6 Å². The first kappa shape index (κ1) is 18.9. The molecule has 0 saturated carbocycles. The highest BCUT2D eigenvalue weighted by molar-refractivity contribution is 6.51. The van der Waals surface area contributed by atoms with Crippen LogP contribution in [0.5, 0.6) is 0 Å². The summed E-state index contributed by atoms with van der Waals surface area (Å²) in [4.78, 5) is 27.1. The van der Waals surface area contributed by atoms with Crippen LogP contribution in [0.4, 0.5) is 10.1 Å². The van der Waals surface area contributed by atoms with Crippen LogP contribution in [-0.4, -0.2) is 16.8 Å². The average Bonchev–Trinajstić information content (AvgIpc) is 2.99. The lowest BCUT2D eigenvalue weighted by molar-refractivity contribution is -0.132. The first-order chi connectivity index (χ1) is 14.0. The maximum atomic E-state index is 14.0. The predicted molar refractivity (Wildman–Crippen MR) is 109 cm³/mol. The second-order valence-corrected chi connectivity index (χ2v) is 7.00. The van der Waals surface area contributed by atoms with Crippen molar-refractivity contribution in [2.45, 2.75) is 6.04 Å². The highest BCUT2D eigenvalue weighted by Crippen LogP contribution is 2.42. The van der Waals surface area contributed by atoms with Crippen LogP contribution < -0.4 is 4.90 Å². The molecule has 1 N–H and O–H groups in total. The van der Waals surface area contributed by atoms with Crippen LogP contribution in [0.25, 0.3) is 5.76 Å². The molecule has 3 aromatic rings. The number of benzene rings is 3. The maximum absolute atomic E-state index is 14.0. The summed E-state index contributed by atoms with van der Waals surface area (Å²) < 4.78 is 14.0. The molecule has 0 bridgehead atoms. The SMILES string of the molecule is O=C1C(=O)N(c2ccccc2)[C@@H](c2cccc(F)c2)C1=C(O)c1ccc(Cl)cc1. The van der Waals surface area contributed by atoms with E-state index in [1.807, 2.05) is 0 Å². The van der Waals surface area contributed by atoms with Gasteiger partial charge < -0.3 is 5.11 Å². The minimum Gasteiger partial charge on any atom is -0.507 e. The Labute approximate surface area is 171 Å². The van der Waals surface area contributed by atoms with E-state index >= 15 is 0 Å². The van der Waals surface area contributed by atoms with Gasteiger partial charge in [0.1, 0.15) is 11.6 Å². The average molecular weight is 408 g/mol. The molecular formula is C23H15ClFNO3. The van der Waals surface area contributed by atoms with Crippen molar-refractivity contribution in [2.75, 3.05) is 4.90 Å². The van der Waals surface area contributed by atoms with Gasteiger partial charge in [0.15, 0.2) is 0 Å². The summed E-state index contributed by atoms with van der Waals surface area (Å²) in [5.41, 5.74) is 1.08. The fourth-order valence-corrected chi connectivity index (χ4v) is 3.57. The zero-order valence-electron chi connectivity index (χ0n) is 15.0. The first-order valence-electron chi connectivity index (χ1n) is 8.85. The van der Waals surface area contributed by atoms with Gasteiger partial charge in [-0.05, 0) is 54.1 Å². The molecule has 6 heteroatoms. The third-order valence-corrected chi connectivity index (χ3v) is 5.01. The van der Waals surface area contributed by atoms with Crippen LogP contribution in [0.3, 0.4) is 0 Å². The summed E-state index contributed by atoms with van der Waals surface area (Å²) in [7, 11) is 0. The summed E-state index contributed by atoms with van der Waals surface area (Å²) >= 11 is 5.90. The van der Waals surface area contributed by atoms with Crippen LogP contribution in [0.15, 0.2) is 84.4 Å². The highest BCUT2D eigenvalue weighted by Gasteiger charge is 2.47. The number of amides is 1. The van der Waals surface area contributed by atoms with Crippen molar-refractivity contribution in [3.63, 3.8) is 0 Å². The van der Waals surface area contributed by atoms with Crippen molar-refractivity contribution in [3.05, 3.63) is 106 Å². The molecule has 0 unspecified atom stereocenters. The minimum atomic E-state index is -0.969. The van der Waals surface area contributed by atoms with Crippen molar-refractivity contribution in [2.24, 2.45) is 0 Å². The Balaban J connectivity index is 1.95. The van der Waals surface area contributed by atoms with E-state index in [1.165, 1.54) is 23.1 Å². The lowest BCUT2D eigenvalue weighted by atomic mass is 9.95. The molecule has 1 saturated heterocycles. The molecule has 0 spiro atoms. The molecule has 1 fully saturated rings. The summed E-state index contributed by atoms with van der Waals surface area (Å²) in [5, 5.41) is 11.4. The monoisotopic (exact) mass is 407 g/mol. The number of nitrogens with zero attached hydrogens (tertiary/aromatic N) is 1. The maximum Gasteiger partial charge on any atom is 0.300 e. The Morgan fingerprint density at radius 3 is 2.28 bits per heavy atom. The van der Waals surface area contributed by atoms with Crippen LogP contribution in [0, 0.1) is 5.82 Å². The van der Waals surface area contributed by atoms with Gasteiger partial charge >= 0.3 is 0 Å². The van der Waals surface area contributed by atoms with Crippen molar-refractivity contribution >= 4 is 34.7 Å². The molecule has 1 aliphatic rings. The second kappa shape index (κ2) is 7.53.